The molecular formula is C22H20FN3O4S. The molecule has 4 rings (SSSR count). The first-order chi connectivity index (χ1) is 14.9. The Bertz CT molecular complexity index is 1180. The molecule has 1 aliphatic heterocycles. The van der Waals surface area contributed by atoms with Crippen molar-refractivity contribution in [3.8, 4) is 11.5 Å². The normalized spacial score (nSPS) is 15.3. The van der Waals surface area contributed by atoms with Crippen molar-refractivity contribution < 1.29 is 19.0 Å². The smallest absolute Gasteiger partial charge is 0.257 e. The number of thioether (sulfide) groups is 1. The Morgan fingerprint density at radius 2 is 2.00 bits per heavy atom. The summed E-state index contributed by atoms with van der Waals surface area (Å²) in [4.78, 5) is 32.5. The molecule has 3 aromatic rings. The molecule has 1 aromatic heterocycles. The second-order valence-electron chi connectivity index (χ2n) is 7.01. The van der Waals surface area contributed by atoms with Crippen LogP contribution in [0.1, 0.15) is 36.0 Å². The number of nitrogens with zero attached hydrogens (tertiary/aromatic N) is 1. The maximum atomic E-state index is 13.1. The van der Waals surface area contributed by atoms with Crippen molar-refractivity contribution in [1.82, 2.24) is 9.97 Å². The van der Waals surface area contributed by atoms with Gasteiger partial charge in [0.1, 0.15) is 11.6 Å². The number of aromatic amines is 1. The quantitative estimate of drug-likeness (QED) is 0.397. The first-order valence-electron chi connectivity index (χ1n) is 9.71. The Morgan fingerprint density at radius 3 is 2.74 bits per heavy atom. The largest absolute Gasteiger partial charge is 0.504 e. The molecule has 0 radical (unpaired) electrons. The number of ether oxygens (including phenoxy) is 1. The van der Waals surface area contributed by atoms with Gasteiger partial charge in [0.05, 0.1) is 12.2 Å². The van der Waals surface area contributed by atoms with E-state index in [4.69, 9.17) is 4.74 Å². The summed E-state index contributed by atoms with van der Waals surface area (Å²) in [6.07, 6.45) is 0.0795. The van der Waals surface area contributed by atoms with Crippen LogP contribution >= 0.6 is 11.8 Å². The third-order valence-electron chi connectivity index (χ3n) is 4.90. The van der Waals surface area contributed by atoms with Gasteiger partial charge in [0, 0.05) is 18.1 Å². The van der Waals surface area contributed by atoms with Crippen molar-refractivity contribution in [2.75, 3.05) is 11.9 Å². The summed E-state index contributed by atoms with van der Waals surface area (Å²) >= 11 is 1.28. The maximum absolute atomic E-state index is 13.1. The van der Waals surface area contributed by atoms with Gasteiger partial charge in [0.15, 0.2) is 16.7 Å². The highest BCUT2D eigenvalue weighted by molar-refractivity contribution is 7.98. The van der Waals surface area contributed by atoms with Crippen LogP contribution in [0.4, 0.5) is 10.2 Å². The molecule has 2 aromatic carbocycles. The molecular weight excluding hydrogens is 421 g/mol. The van der Waals surface area contributed by atoms with Gasteiger partial charge in [-0.05, 0) is 42.3 Å². The number of aromatic hydroxyl groups is 1. The molecule has 0 spiro atoms. The van der Waals surface area contributed by atoms with Crippen LogP contribution < -0.4 is 15.6 Å². The number of fused-ring (bicyclic) bond motifs is 1. The summed E-state index contributed by atoms with van der Waals surface area (Å²) in [5.74, 6) is -0.0991. The molecule has 1 amide bonds. The van der Waals surface area contributed by atoms with Gasteiger partial charge in [-0.15, -0.1) is 0 Å². The Kier molecular flexibility index (Phi) is 5.94. The zero-order valence-electron chi connectivity index (χ0n) is 16.6. The number of carbonyl (C=O) groups is 1. The van der Waals surface area contributed by atoms with Gasteiger partial charge in [0.2, 0.25) is 5.91 Å². The molecule has 1 aliphatic rings. The van der Waals surface area contributed by atoms with Gasteiger partial charge in [-0.25, -0.2) is 9.37 Å². The predicted molar refractivity (Wildman–Crippen MR) is 115 cm³/mol. The van der Waals surface area contributed by atoms with Gasteiger partial charge in [-0.2, -0.15) is 0 Å². The number of benzene rings is 2. The van der Waals surface area contributed by atoms with Crippen molar-refractivity contribution in [1.29, 1.82) is 0 Å². The number of anilines is 1. The SMILES string of the molecule is CCOc1cc(C2CC(=O)Nc3nc(SCc4ccc(F)cc4)[nH]c(=O)c32)ccc1O. The average molecular weight is 441 g/mol. The van der Waals surface area contributed by atoms with E-state index in [9.17, 15) is 19.1 Å². The lowest BCUT2D eigenvalue weighted by atomic mass is 9.86. The minimum Gasteiger partial charge on any atom is -0.504 e. The molecule has 0 saturated carbocycles. The number of carbonyl (C=O) groups excluding carboxylic acids is 1. The summed E-state index contributed by atoms with van der Waals surface area (Å²) < 4.78 is 18.5. The molecule has 7 nitrogen and oxygen atoms in total. The van der Waals surface area contributed by atoms with Crippen LogP contribution in [0, 0.1) is 5.82 Å². The predicted octanol–water partition coefficient (Wildman–Crippen LogP) is 3.78. The van der Waals surface area contributed by atoms with E-state index < -0.39 is 5.92 Å². The molecule has 2 heterocycles. The fourth-order valence-corrected chi connectivity index (χ4v) is 4.27. The van der Waals surface area contributed by atoms with Crippen LogP contribution in [0.25, 0.3) is 0 Å². The van der Waals surface area contributed by atoms with E-state index in [-0.39, 0.29) is 35.3 Å². The minimum absolute atomic E-state index is 0.00865. The molecule has 0 fully saturated rings. The number of hydrogen-bond acceptors (Lipinski definition) is 6. The van der Waals surface area contributed by atoms with Gasteiger partial charge in [-0.1, -0.05) is 30.0 Å². The number of halogens is 1. The molecule has 0 aliphatic carbocycles. The lowest BCUT2D eigenvalue weighted by Crippen LogP contribution is -2.31. The number of phenols is 1. The third kappa shape index (κ3) is 4.56. The maximum Gasteiger partial charge on any atom is 0.257 e. The minimum atomic E-state index is -0.518. The molecule has 0 bridgehead atoms. The third-order valence-corrected chi connectivity index (χ3v) is 5.85. The van der Waals surface area contributed by atoms with Gasteiger partial charge < -0.3 is 20.1 Å². The topological polar surface area (TPSA) is 104 Å². The standard InChI is InChI=1S/C22H20FN3O4S/c1-2-30-17-9-13(5-8-16(17)27)15-10-18(28)24-20-19(15)21(29)26-22(25-20)31-11-12-3-6-14(23)7-4-12/h3-9,15,27H,2,10-11H2,1H3,(H2,24,25,26,28,29). The number of hydrogen-bond donors (Lipinski definition) is 3. The van der Waals surface area contributed by atoms with Crippen LogP contribution in [0.15, 0.2) is 52.4 Å². The molecule has 1 unspecified atom stereocenters. The fourth-order valence-electron chi connectivity index (χ4n) is 3.45. The number of amides is 1. The summed E-state index contributed by atoms with van der Waals surface area (Å²) in [5.41, 5.74) is 1.57. The van der Waals surface area contributed by atoms with Crippen molar-refractivity contribution in [3.05, 3.63) is 75.3 Å². The van der Waals surface area contributed by atoms with E-state index in [0.717, 1.165) is 5.56 Å². The Balaban J connectivity index is 1.65. The van der Waals surface area contributed by atoms with Crippen molar-refractivity contribution >= 4 is 23.5 Å². The summed E-state index contributed by atoms with van der Waals surface area (Å²) in [5, 5.41) is 13.0. The molecule has 9 heteroatoms. The van der Waals surface area contributed by atoms with Crippen molar-refractivity contribution in [2.24, 2.45) is 0 Å². The first-order valence-corrected chi connectivity index (χ1v) is 10.7. The zero-order valence-corrected chi connectivity index (χ0v) is 17.5. The monoisotopic (exact) mass is 441 g/mol. The van der Waals surface area contributed by atoms with Gasteiger partial charge in [0.25, 0.3) is 5.56 Å². The highest BCUT2D eigenvalue weighted by Crippen LogP contribution is 2.38. The highest BCUT2D eigenvalue weighted by atomic mass is 32.2. The fraction of sp³-hybridized carbons (Fsp3) is 0.227. The van der Waals surface area contributed by atoms with Crippen LogP contribution in [-0.4, -0.2) is 27.6 Å². The molecule has 1 atom stereocenters. The van der Waals surface area contributed by atoms with E-state index in [2.05, 4.69) is 15.3 Å². The van der Waals surface area contributed by atoms with Crippen molar-refractivity contribution in [3.63, 3.8) is 0 Å². The van der Waals surface area contributed by atoms with Gasteiger partial charge in [-0.3, -0.25) is 9.59 Å². The number of H-pyrrole nitrogens is 1. The lowest BCUT2D eigenvalue weighted by Gasteiger charge is -2.25. The molecule has 31 heavy (non-hydrogen) atoms. The van der Waals surface area contributed by atoms with Crippen molar-refractivity contribution in [2.45, 2.75) is 30.2 Å². The number of aromatic nitrogens is 2. The Hall–Kier alpha value is -3.33. The molecule has 160 valence electrons. The first kappa shape index (κ1) is 20.9. The second kappa shape index (κ2) is 8.81. The van der Waals surface area contributed by atoms with E-state index in [1.54, 1.807) is 31.2 Å². The zero-order chi connectivity index (χ0) is 22.0. The van der Waals surface area contributed by atoms with Gasteiger partial charge >= 0.3 is 0 Å². The van der Waals surface area contributed by atoms with E-state index in [0.29, 0.717) is 34.4 Å². The summed E-state index contributed by atoms with van der Waals surface area (Å²) in [6, 6.07) is 10.9. The Morgan fingerprint density at radius 1 is 1.23 bits per heavy atom. The summed E-state index contributed by atoms with van der Waals surface area (Å²) in [6.45, 7) is 2.17. The number of nitrogens with one attached hydrogen (secondary N) is 2. The number of rotatable bonds is 6. The van der Waals surface area contributed by atoms with Crippen LogP contribution in [-0.2, 0) is 10.5 Å². The lowest BCUT2D eigenvalue weighted by molar-refractivity contribution is -0.116. The molecule has 0 saturated heterocycles. The second-order valence-corrected chi connectivity index (χ2v) is 7.98. The van der Waals surface area contributed by atoms with Crippen LogP contribution in [0.3, 0.4) is 0 Å². The average Bonchev–Trinajstić information content (AvgIpc) is 2.74. The van der Waals surface area contributed by atoms with E-state index in [1.165, 1.54) is 30.0 Å². The van der Waals surface area contributed by atoms with Crippen LogP contribution in [0.5, 0.6) is 11.5 Å². The number of phenolic OH excluding ortho intramolecular Hbond substituents is 1. The molecule has 3 N–H and O–H groups in total. The van der Waals surface area contributed by atoms with E-state index >= 15 is 0 Å². The summed E-state index contributed by atoms with van der Waals surface area (Å²) in [7, 11) is 0. The van der Waals surface area contributed by atoms with Crippen LogP contribution in [0.2, 0.25) is 0 Å². The van der Waals surface area contributed by atoms with E-state index in [1.807, 2.05) is 0 Å². The Labute approximate surface area is 181 Å². The highest BCUT2D eigenvalue weighted by Gasteiger charge is 2.31.